The van der Waals surface area contributed by atoms with Gasteiger partial charge in [0.05, 0.1) is 6.42 Å². The Morgan fingerprint density at radius 3 is 2.07 bits per heavy atom. The molecule has 1 aromatic heterocycles. The van der Waals surface area contributed by atoms with Gasteiger partial charge in [-0.3, -0.25) is 0 Å². The molecule has 1 rings (SSSR count). The van der Waals surface area contributed by atoms with Gasteiger partial charge in [0.1, 0.15) is 0 Å². The Morgan fingerprint density at radius 1 is 1.00 bits per heavy atom. The first-order chi connectivity index (χ1) is 6.20. The lowest BCUT2D eigenvalue weighted by atomic mass is 10.3. The quantitative estimate of drug-likeness (QED) is 0.647. The highest BCUT2D eigenvalue weighted by molar-refractivity contribution is 4.90. The van der Waals surface area contributed by atoms with E-state index in [-0.39, 0.29) is 29.9 Å². The van der Waals surface area contributed by atoms with E-state index in [1.165, 1.54) is 0 Å². The lowest BCUT2D eigenvalue weighted by Crippen LogP contribution is -3.00. The van der Waals surface area contributed by atoms with E-state index in [1.807, 2.05) is 0 Å². The van der Waals surface area contributed by atoms with Crippen LogP contribution in [0.3, 0.4) is 0 Å². The van der Waals surface area contributed by atoms with Crippen LogP contribution in [0.15, 0.2) is 42.5 Å². The lowest BCUT2D eigenvalue weighted by molar-refractivity contribution is -0.696. The first-order valence-corrected chi connectivity index (χ1v) is 3.84. The highest BCUT2D eigenvalue weighted by Gasteiger charge is 2.07. The number of rotatable bonds is 3. The summed E-state index contributed by atoms with van der Waals surface area (Å²) in [7, 11) is 0. The minimum atomic E-state index is -2.23. The average Bonchev–Trinajstić information content (AvgIpc) is 2.15. The van der Waals surface area contributed by atoms with Crippen molar-refractivity contribution in [1.82, 2.24) is 0 Å². The molecule has 0 bridgehead atoms. The zero-order chi connectivity index (χ0) is 9.68. The van der Waals surface area contributed by atoms with Gasteiger partial charge in [-0.25, -0.2) is 8.96 Å². The van der Waals surface area contributed by atoms with Crippen LogP contribution in [0.4, 0.5) is 13.2 Å². The standard InChI is InChI=1S/C9H9F3N.BrH/c10-8(9(11)12)4-7-13-5-2-1-3-6-13;/h1-3,5-6H,4,7H2;1H/q+1;/p-1. The first-order valence-electron chi connectivity index (χ1n) is 3.84. The molecule has 1 aromatic rings. The predicted octanol–water partition coefficient (Wildman–Crippen LogP) is -0.554. The van der Waals surface area contributed by atoms with E-state index in [0.717, 1.165) is 0 Å². The molecule has 0 aliphatic rings. The fourth-order valence-corrected chi connectivity index (χ4v) is 0.905. The van der Waals surface area contributed by atoms with E-state index in [2.05, 4.69) is 0 Å². The van der Waals surface area contributed by atoms with Gasteiger partial charge < -0.3 is 17.0 Å². The number of pyridine rings is 1. The molecular weight excluding hydrogens is 259 g/mol. The molecule has 14 heavy (non-hydrogen) atoms. The Morgan fingerprint density at radius 2 is 1.57 bits per heavy atom. The second-order valence-corrected chi connectivity index (χ2v) is 2.53. The normalized spacial score (nSPS) is 9.07. The maximum absolute atomic E-state index is 12.3. The van der Waals surface area contributed by atoms with E-state index in [1.54, 1.807) is 35.2 Å². The van der Waals surface area contributed by atoms with Gasteiger partial charge in [-0.15, -0.1) is 0 Å². The number of aromatic nitrogens is 1. The molecule has 0 N–H and O–H groups in total. The average molecular weight is 268 g/mol. The smallest absolute Gasteiger partial charge is 0.301 e. The summed E-state index contributed by atoms with van der Waals surface area (Å²) in [6.45, 7) is 0.226. The van der Waals surface area contributed by atoms with Crippen molar-refractivity contribution in [3.63, 3.8) is 0 Å². The minimum absolute atomic E-state index is 0. The summed E-state index contributed by atoms with van der Waals surface area (Å²) in [4.78, 5) is 0. The number of nitrogens with zero attached hydrogens (tertiary/aromatic N) is 1. The maximum Gasteiger partial charge on any atom is 0.301 e. The third-order valence-electron chi connectivity index (χ3n) is 1.57. The fraction of sp³-hybridized carbons (Fsp3) is 0.222. The van der Waals surface area contributed by atoms with Crippen molar-refractivity contribution < 1.29 is 34.7 Å². The van der Waals surface area contributed by atoms with E-state index in [4.69, 9.17) is 0 Å². The van der Waals surface area contributed by atoms with E-state index in [9.17, 15) is 13.2 Å². The summed E-state index contributed by atoms with van der Waals surface area (Å²) < 4.78 is 37.2. The monoisotopic (exact) mass is 267 g/mol. The summed E-state index contributed by atoms with van der Waals surface area (Å²) in [5.41, 5.74) is 0. The van der Waals surface area contributed by atoms with Crippen LogP contribution < -0.4 is 21.5 Å². The van der Waals surface area contributed by atoms with Gasteiger partial charge in [0, 0.05) is 12.1 Å². The molecule has 0 aliphatic carbocycles. The summed E-state index contributed by atoms with van der Waals surface area (Å²) in [5, 5.41) is 0. The van der Waals surface area contributed by atoms with Gasteiger partial charge in [0.2, 0.25) is 0 Å². The van der Waals surface area contributed by atoms with Gasteiger partial charge >= 0.3 is 6.08 Å². The second kappa shape index (κ2) is 6.59. The predicted molar refractivity (Wildman–Crippen MR) is 41.6 cm³/mol. The van der Waals surface area contributed by atoms with Crippen LogP contribution >= 0.6 is 0 Å². The van der Waals surface area contributed by atoms with Crippen LogP contribution in [0.25, 0.3) is 0 Å². The molecule has 0 unspecified atom stereocenters. The number of allylic oxidation sites excluding steroid dienone is 1. The largest absolute Gasteiger partial charge is 1.00 e. The van der Waals surface area contributed by atoms with Gasteiger partial charge in [0.15, 0.2) is 24.8 Å². The number of hydrogen-bond acceptors (Lipinski definition) is 0. The van der Waals surface area contributed by atoms with Gasteiger partial charge in [0.25, 0.3) is 0 Å². The third-order valence-corrected chi connectivity index (χ3v) is 1.57. The molecule has 5 heteroatoms. The van der Waals surface area contributed by atoms with Crippen molar-refractivity contribution in [3.8, 4) is 0 Å². The van der Waals surface area contributed by atoms with Crippen LogP contribution in [-0.2, 0) is 6.54 Å². The summed E-state index contributed by atoms with van der Waals surface area (Å²) in [5.74, 6) is -1.34. The van der Waals surface area contributed by atoms with Crippen LogP contribution in [-0.4, -0.2) is 0 Å². The first kappa shape index (κ1) is 13.2. The van der Waals surface area contributed by atoms with Crippen LogP contribution in [0, 0.1) is 0 Å². The van der Waals surface area contributed by atoms with E-state index in [0.29, 0.717) is 0 Å². The van der Waals surface area contributed by atoms with Crippen LogP contribution in [0.2, 0.25) is 0 Å². The molecule has 78 valence electrons. The van der Waals surface area contributed by atoms with E-state index < -0.39 is 11.9 Å². The topological polar surface area (TPSA) is 3.88 Å². The van der Waals surface area contributed by atoms with Gasteiger partial charge in [-0.2, -0.15) is 8.78 Å². The van der Waals surface area contributed by atoms with Gasteiger partial charge in [-0.05, 0) is 0 Å². The molecule has 0 aromatic carbocycles. The Labute approximate surface area is 90.6 Å². The summed E-state index contributed by atoms with van der Waals surface area (Å²) >= 11 is 0. The molecule has 0 saturated carbocycles. The molecule has 0 fully saturated rings. The van der Waals surface area contributed by atoms with Crippen molar-refractivity contribution >= 4 is 0 Å². The zero-order valence-corrected chi connectivity index (χ0v) is 8.85. The van der Waals surface area contributed by atoms with E-state index >= 15 is 0 Å². The molecule has 0 radical (unpaired) electrons. The molecule has 0 spiro atoms. The van der Waals surface area contributed by atoms with Crippen molar-refractivity contribution in [2.45, 2.75) is 13.0 Å². The number of halogens is 4. The Kier molecular flexibility index (Phi) is 6.19. The Bertz CT molecular complexity index is 296. The zero-order valence-electron chi connectivity index (χ0n) is 7.26. The molecular formula is C9H9BrF3N. The number of hydrogen-bond donors (Lipinski definition) is 0. The molecule has 0 aliphatic heterocycles. The Balaban J connectivity index is 0.00000169. The van der Waals surface area contributed by atoms with Crippen LogP contribution in [0.5, 0.6) is 0 Å². The molecule has 1 heterocycles. The highest BCUT2D eigenvalue weighted by atomic mass is 79.9. The van der Waals surface area contributed by atoms with Gasteiger partial charge in [-0.1, -0.05) is 6.07 Å². The third kappa shape index (κ3) is 4.41. The van der Waals surface area contributed by atoms with Crippen molar-refractivity contribution in [1.29, 1.82) is 0 Å². The molecule has 0 atom stereocenters. The fourth-order valence-electron chi connectivity index (χ4n) is 0.905. The Hall–Kier alpha value is -0.840. The lowest BCUT2D eigenvalue weighted by Gasteiger charge is -1.93. The van der Waals surface area contributed by atoms with Crippen molar-refractivity contribution in [2.24, 2.45) is 0 Å². The van der Waals surface area contributed by atoms with Crippen molar-refractivity contribution in [2.75, 3.05) is 0 Å². The molecule has 1 nitrogen and oxygen atoms in total. The SMILES string of the molecule is FC(F)=C(F)CC[n+]1ccccc1.[Br-]. The number of aryl methyl sites for hydroxylation is 1. The van der Waals surface area contributed by atoms with Crippen LogP contribution in [0.1, 0.15) is 6.42 Å². The highest BCUT2D eigenvalue weighted by Crippen LogP contribution is 2.12. The summed E-state index contributed by atoms with van der Waals surface area (Å²) in [6, 6.07) is 5.32. The summed E-state index contributed by atoms with van der Waals surface area (Å²) in [6.07, 6.45) is 0.903. The minimum Gasteiger partial charge on any atom is -1.00 e. The van der Waals surface area contributed by atoms with Crippen molar-refractivity contribution in [3.05, 3.63) is 42.5 Å². The maximum atomic E-state index is 12.3. The molecule has 0 amide bonds. The molecule has 0 saturated heterocycles. The second-order valence-electron chi connectivity index (χ2n) is 2.53.